The molecule has 1 N–H and O–H groups in total. The van der Waals surface area contributed by atoms with Crippen LogP contribution >= 0.6 is 0 Å². The highest BCUT2D eigenvalue weighted by Crippen LogP contribution is 2.32. The Morgan fingerprint density at radius 3 is 2.72 bits per heavy atom. The number of aromatic nitrogens is 4. The molecule has 2 aromatic heterocycles. The van der Waals surface area contributed by atoms with Gasteiger partial charge in [-0.1, -0.05) is 0 Å². The molecule has 1 atom stereocenters. The van der Waals surface area contributed by atoms with Crippen molar-refractivity contribution in [2.75, 3.05) is 27.3 Å². The number of benzene rings is 1. The third-order valence-electron chi connectivity index (χ3n) is 4.63. The van der Waals surface area contributed by atoms with Crippen LogP contribution in [0.25, 0.3) is 16.9 Å². The maximum atomic E-state index is 5.40. The summed E-state index contributed by atoms with van der Waals surface area (Å²) in [6.07, 6.45) is 2.25. The van der Waals surface area contributed by atoms with Gasteiger partial charge in [0.05, 0.1) is 19.9 Å². The van der Waals surface area contributed by atoms with Gasteiger partial charge in [-0.2, -0.15) is 9.61 Å². The predicted octanol–water partition coefficient (Wildman–Crippen LogP) is 2.28. The first-order valence-corrected chi connectivity index (χ1v) is 8.45. The van der Waals surface area contributed by atoms with Gasteiger partial charge in [-0.25, -0.2) is 0 Å². The highest BCUT2D eigenvalue weighted by atomic mass is 16.5. The van der Waals surface area contributed by atoms with Crippen LogP contribution in [0.4, 0.5) is 0 Å². The van der Waals surface area contributed by atoms with E-state index in [9.17, 15) is 0 Å². The minimum atomic E-state index is 0.344. The number of nitrogens with one attached hydrogen (secondary N) is 1. The standard InChI is InChI=1S/C18H21N5O2/c1-24-15-7-5-12(10-16(15)25-2)14-6-8-17-20-21-18(23(17)22-14)13-4-3-9-19-11-13/h5-8,10,13,19H,3-4,9,11H2,1-2H3. The average Bonchev–Trinajstić information content (AvgIpc) is 3.11. The summed E-state index contributed by atoms with van der Waals surface area (Å²) in [7, 11) is 3.26. The molecule has 3 heterocycles. The molecule has 0 spiro atoms. The second-order valence-corrected chi connectivity index (χ2v) is 6.16. The summed E-state index contributed by atoms with van der Waals surface area (Å²) in [4.78, 5) is 0. The largest absolute Gasteiger partial charge is 0.493 e. The molecule has 7 heteroatoms. The predicted molar refractivity (Wildman–Crippen MR) is 94.2 cm³/mol. The summed E-state index contributed by atoms with van der Waals surface area (Å²) in [6, 6.07) is 9.69. The van der Waals surface area contributed by atoms with Gasteiger partial charge in [0.1, 0.15) is 0 Å². The Bertz CT molecular complexity index is 886. The highest BCUT2D eigenvalue weighted by Gasteiger charge is 2.21. The van der Waals surface area contributed by atoms with Crippen molar-refractivity contribution in [1.82, 2.24) is 25.1 Å². The van der Waals surface area contributed by atoms with Crippen LogP contribution in [0.3, 0.4) is 0 Å². The lowest BCUT2D eigenvalue weighted by atomic mass is 9.99. The van der Waals surface area contributed by atoms with Crippen molar-refractivity contribution in [3.8, 4) is 22.8 Å². The van der Waals surface area contributed by atoms with Gasteiger partial charge in [-0.3, -0.25) is 0 Å². The molecular weight excluding hydrogens is 318 g/mol. The van der Waals surface area contributed by atoms with E-state index in [-0.39, 0.29) is 0 Å². The van der Waals surface area contributed by atoms with Gasteiger partial charge in [-0.05, 0) is 49.7 Å². The smallest absolute Gasteiger partial charge is 0.177 e. The maximum absolute atomic E-state index is 5.40. The highest BCUT2D eigenvalue weighted by molar-refractivity contribution is 5.64. The van der Waals surface area contributed by atoms with E-state index in [2.05, 4.69) is 15.5 Å². The van der Waals surface area contributed by atoms with E-state index >= 15 is 0 Å². The van der Waals surface area contributed by atoms with Crippen molar-refractivity contribution in [3.63, 3.8) is 0 Å². The molecular formula is C18H21N5O2. The minimum absolute atomic E-state index is 0.344. The van der Waals surface area contributed by atoms with Crippen LogP contribution < -0.4 is 14.8 Å². The Labute approximate surface area is 146 Å². The van der Waals surface area contributed by atoms with Gasteiger partial charge >= 0.3 is 0 Å². The third-order valence-corrected chi connectivity index (χ3v) is 4.63. The van der Waals surface area contributed by atoms with Crippen molar-refractivity contribution in [1.29, 1.82) is 0 Å². The zero-order chi connectivity index (χ0) is 17.2. The van der Waals surface area contributed by atoms with Crippen molar-refractivity contribution < 1.29 is 9.47 Å². The molecule has 0 radical (unpaired) electrons. The summed E-state index contributed by atoms with van der Waals surface area (Å²) < 4.78 is 12.6. The van der Waals surface area contributed by atoms with E-state index < -0.39 is 0 Å². The van der Waals surface area contributed by atoms with Crippen LogP contribution in [0.2, 0.25) is 0 Å². The fourth-order valence-electron chi connectivity index (χ4n) is 3.28. The fraction of sp³-hybridized carbons (Fsp3) is 0.389. The number of hydrogen-bond donors (Lipinski definition) is 1. The molecule has 130 valence electrons. The molecule has 1 saturated heterocycles. The fourth-order valence-corrected chi connectivity index (χ4v) is 3.28. The van der Waals surface area contributed by atoms with Crippen LogP contribution in [-0.2, 0) is 0 Å². The van der Waals surface area contributed by atoms with Gasteiger partial charge in [0, 0.05) is 18.0 Å². The van der Waals surface area contributed by atoms with Gasteiger partial charge in [0.15, 0.2) is 23.0 Å². The van der Waals surface area contributed by atoms with E-state index in [1.165, 1.54) is 0 Å². The van der Waals surface area contributed by atoms with Gasteiger partial charge in [0.25, 0.3) is 0 Å². The number of rotatable bonds is 4. The summed E-state index contributed by atoms with van der Waals surface area (Å²) in [6.45, 7) is 1.99. The monoisotopic (exact) mass is 339 g/mol. The zero-order valence-electron chi connectivity index (χ0n) is 14.4. The maximum Gasteiger partial charge on any atom is 0.177 e. The Morgan fingerprint density at radius 1 is 1.08 bits per heavy atom. The Kier molecular flexibility index (Phi) is 4.23. The lowest BCUT2D eigenvalue weighted by Gasteiger charge is -2.20. The average molecular weight is 339 g/mol. The molecule has 4 rings (SSSR count). The Morgan fingerprint density at radius 2 is 1.96 bits per heavy atom. The Hall–Kier alpha value is -2.67. The van der Waals surface area contributed by atoms with E-state index in [1.807, 2.05) is 34.8 Å². The van der Waals surface area contributed by atoms with E-state index in [0.717, 1.165) is 48.7 Å². The third kappa shape index (κ3) is 2.91. The van der Waals surface area contributed by atoms with Crippen LogP contribution in [0, 0.1) is 0 Å². The van der Waals surface area contributed by atoms with E-state index in [1.54, 1.807) is 14.2 Å². The van der Waals surface area contributed by atoms with Crippen LogP contribution in [-0.4, -0.2) is 47.1 Å². The second kappa shape index (κ2) is 6.68. The number of hydrogen-bond acceptors (Lipinski definition) is 6. The summed E-state index contributed by atoms with van der Waals surface area (Å²) in [5, 5.41) is 16.8. The molecule has 25 heavy (non-hydrogen) atoms. The number of fused-ring (bicyclic) bond motifs is 1. The number of piperidine rings is 1. The molecule has 1 unspecified atom stereocenters. The van der Waals surface area contributed by atoms with Crippen molar-refractivity contribution in [2.24, 2.45) is 0 Å². The molecule has 0 bridgehead atoms. The lowest BCUT2D eigenvalue weighted by molar-refractivity contribution is 0.355. The normalized spacial score (nSPS) is 17.6. The SMILES string of the molecule is COc1ccc(-c2ccc3nnc(C4CCCNC4)n3n2)cc1OC. The van der Waals surface area contributed by atoms with Crippen LogP contribution in [0.5, 0.6) is 11.5 Å². The Balaban J connectivity index is 1.75. The molecule has 0 aliphatic carbocycles. The van der Waals surface area contributed by atoms with Crippen molar-refractivity contribution >= 4 is 5.65 Å². The molecule has 1 fully saturated rings. The molecule has 0 saturated carbocycles. The first-order valence-electron chi connectivity index (χ1n) is 8.45. The summed E-state index contributed by atoms with van der Waals surface area (Å²) in [5.74, 6) is 2.65. The quantitative estimate of drug-likeness (QED) is 0.786. The summed E-state index contributed by atoms with van der Waals surface area (Å²) >= 11 is 0. The van der Waals surface area contributed by atoms with E-state index in [4.69, 9.17) is 14.6 Å². The van der Waals surface area contributed by atoms with Gasteiger partial charge < -0.3 is 14.8 Å². The van der Waals surface area contributed by atoms with Crippen LogP contribution in [0.15, 0.2) is 30.3 Å². The topological polar surface area (TPSA) is 73.6 Å². The zero-order valence-corrected chi connectivity index (χ0v) is 14.4. The first-order chi connectivity index (χ1) is 12.3. The summed E-state index contributed by atoms with van der Waals surface area (Å²) in [5.41, 5.74) is 2.57. The van der Waals surface area contributed by atoms with Crippen LogP contribution in [0.1, 0.15) is 24.6 Å². The molecule has 7 nitrogen and oxygen atoms in total. The lowest BCUT2D eigenvalue weighted by Crippen LogP contribution is -2.29. The van der Waals surface area contributed by atoms with Gasteiger partial charge in [0.2, 0.25) is 0 Å². The number of nitrogens with zero attached hydrogens (tertiary/aromatic N) is 4. The van der Waals surface area contributed by atoms with E-state index in [0.29, 0.717) is 17.4 Å². The molecule has 3 aromatic rings. The molecule has 1 aromatic carbocycles. The second-order valence-electron chi connectivity index (χ2n) is 6.16. The minimum Gasteiger partial charge on any atom is -0.493 e. The van der Waals surface area contributed by atoms with Crippen molar-refractivity contribution in [3.05, 3.63) is 36.2 Å². The van der Waals surface area contributed by atoms with Gasteiger partial charge in [-0.15, -0.1) is 10.2 Å². The number of methoxy groups -OCH3 is 2. The molecule has 1 aliphatic rings. The van der Waals surface area contributed by atoms with Crippen molar-refractivity contribution in [2.45, 2.75) is 18.8 Å². The molecule has 1 aliphatic heterocycles. The first kappa shape index (κ1) is 15.8. The molecule has 0 amide bonds. The number of ether oxygens (including phenoxy) is 2.